The molecule has 0 fully saturated rings. The first-order valence-corrected chi connectivity index (χ1v) is 13.1. The SMILES string of the molecule is CCOC(=O)c1c(C)cc2cnnc(CC(=O)OC(=O)Cc3nncc4cc(C)c(C(=O)OCC)c(C)c34)c2c1C. The molecular formula is C30H30N4O7. The zero-order chi connectivity index (χ0) is 29.8. The smallest absolute Gasteiger partial charge is 0.338 e. The van der Waals surface area contributed by atoms with Crippen LogP contribution in [0.1, 0.15) is 68.2 Å². The van der Waals surface area contributed by atoms with E-state index in [1.54, 1.807) is 53.7 Å². The van der Waals surface area contributed by atoms with Crippen LogP contribution < -0.4 is 0 Å². The van der Waals surface area contributed by atoms with Gasteiger partial charge in [0.15, 0.2) is 0 Å². The Kier molecular flexibility index (Phi) is 8.65. The van der Waals surface area contributed by atoms with E-state index in [9.17, 15) is 19.2 Å². The van der Waals surface area contributed by atoms with E-state index in [1.807, 2.05) is 0 Å². The molecule has 2 heterocycles. The minimum absolute atomic E-state index is 0.218. The number of aryl methyl sites for hydroxylation is 4. The molecule has 212 valence electrons. The van der Waals surface area contributed by atoms with Crippen LogP contribution >= 0.6 is 0 Å². The molecule has 41 heavy (non-hydrogen) atoms. The molecule has 0 amide bonds. The Balaban J connectivity index is 1.60. The van der Waals surface area contributed by atoms with E-state index >= 15 is 0 Å². The number of carbonyl (C=O) groups is 4. The number of nitrogens with zero attached hydrogens (tertiary/aromatic N) is 4. The van der Waals surface area contributed by atoms with Crippen LogP contribution in [0.3, 0.4) is 0 Å². The number of hydrogen-bond acceptors (Lipinski definition) is 11. The van der Waals surface area contributed by atoms with Gasteiger partial charge in [0.05, 0.1) is 61.0 Å². The van der Waals surface area contributed by atoms with E-state index in [2.05, 4.69) is 20.4 Å². The molecule has 0 spiro atoms. The normalized spacial score (nSPS) is 11.0. The molecule has 0 saturated heterocycles. The fourth-order valence-corrected chi connectivity index (χ4v) is 5.18. The Hall–Kier alpha value is -4.80. The van der Waals surface area contributed by atoms with E-state index in [1.165, 1.54) is 12.4 Å². The number of carbonyl (C=O) groups excluding carboxylic acids is 4. The van der Waals surface area contributed by atoms with Gasteiger partial charge in [0, 0.05) is 21.5 Å². The van der Waals surface area contributed by atoms with Gasteiger partial charge in [-0.15, -0.1) is 0 Å². The molecule has 0 atom stereocenters. The van der Waals surface area contributed by atoms with Crippen molar-refractivity contribution in [3.8, 4) is 0 Å². The van der Waals surface area contributed by atoms with Crippen LogP contribution in [-0.2, 0) is 36.6 Å². The summed E-state index contributed by atoms with van der Waals surface area (Å²) in [5.41, 5.74) is 3.90. The molecule has 0 aliphatic rings. The van der Waals surface area contributed by atoms with Crippen LogP contribution in [0, 0.1) is 27.7 Å². The average Bonchev–Trinajstić information content (AvgIpc) is 2.88. The van der Waals surface area contributed by atoms with Gasteiger partial charge in [-0.3, -0.25) is 9.59 Å². The van der Waals surface area contributed by atoms with Crippen molar-refractivity contribution in [1.82, 2.24) is 20.4 Å². The minimum Gasteiger partial charge on any atom is -0.462 e. The first kappa shape index (κ1) is 29.2. The predicted octanol–water partition coefficient (Wildman–Crippen LogP) is 4.02. The first-order chi connectivity index (χ1) is 19.6. The minimum atomic E-state index is -0.845. The summed E-state index contributed by atoms with van der Waals surface area (Å²) in [6.45, 7) is 11.0. The second-order valence-corrected chi connectivity index (χ2v) is 9.54. The quantitative estimate of drug-likeness (QED) is 0.175. The zero-order valence-electron chi connectivity index (χ0n) is 23.8. The second kappa shape index (κ2) is 12.2. The second-order valence-electron chi connectivity index (χ2n) is 9.54. The highest BCUT2D eigenvalue weighted by Gasteiger charge is 2.23. The third-order valence-corrected chi connectivity index (χ3v) is 6.75. The number of esters is 4. The van der Waals surface area contributed by atoms with E-state index in [-0.39, 0.29) is 37.4 Å². The third-order valence-electron chi connectivity index (χ3n) is 6.75. The number of hydrogen-bond donors (Lipinski definition) is 0. The summed E-state index contributed by atoms with van der Waals surface area (Å²) in [4.78, 5) is 50.9. The van der Waals surface area contributed by atoms with Crippen molar-refractivity contribution in [2.45, 2.75) is 54.4 Å². The molecule has 0 aliphatic heterocycles. The zero-order valence-corrected chi connectivity index (χ0v) is 23.8. The predicted molar refractivity (Wildman–Crippen MR) is 148 cm³/mol. The van der Waals surface area contributed by atoms with Crippen LogP contribution in [0.5, 0.6) is 0 Å². The summed E-state index contributed by atoms with van der Waals surface area (Å²) < 4.78 is 15.5. The highest BCUT2D eigenvalue weighted by atomic mass is 16.6. The van der Waals surface area contributed by atoms with Crippen molar-refractivity contribution in [2.24, 2.45) is 0 Å². The van der Waals surface area contributed by atoms with Crippen molar-refractivity contribution in [1.29, 1.82) is 0 Å². The van der Waals surface area contributed by atoms with Crippen molar-refractivity contribution < 1.29 is 33.4 Å². The van der Waals surface area contributed by atoms with Gasteiger partial charge in [0.25, 0.3) is 0 Å². The number of benzene rings is 2. The third kappa shape index (κ3) is 5.88. The molecule has 4 aromatic rings. The van der Waals surface area contributed by atoms with Crippen LogP contribution in [0.15, 0.2) is 24.5 Å². The van der Waals surface area contributed by atoms with Gasteiger partial charge in [-0.1, -0.05) is 0 Å². The largest absolute Gasteiger partial charge is 0.462 e. The Morgan fingerprint density at radius 2 is 1.05 bits per heavy atom. The molecule has 0 saturated carbocycles. The van der Waals surface area contributed by atoms with Crippen LogP contribution in [0.2, 0.25) is 0 Å². The van der Waals surface area contributed by atoms with Crippen molar-refractivity contribution >= 4 is 45.4 Å². The lowest BCUT2D eigenvalue weighted by Crippen LogP contribution is -2.19. The number of aromatic nitrogens is 4. The fraction of sp³-hybridized carbons (Fsp3) is 0.333. The van der Waals surface area contributed by atoms with Gasteiger partial charge in [0.1, 0.15) is 0 Å². The maximum atomic E-state index is 12.8. The summed E-state index contributed by atoms with van der Waals surface area (Å²) in [7, 11) is 0. The fourth-order valence-electron chi connectivity index (χ4n) is 5.18. The van der Waals surface area contributed by atoms with E-state index in [4.69, 9.17) is 14.2 Å². The number of fused-ring (bicyclic) bond motifs is 2. The molecule has 11 heteroatoms. The Bertz CT molecular complexity index is 1590. The topological polar surface area (TPSA) is 148 Å². The summed E-state index contributed by atoms with van der Waals surface area (Å²) in [5.74, 6) is -2.64. The lowest BCUT2D eigenvalue weighted by molar-refractivity contribution is -0.158. The summed E-state index contributed by atoms with van der Waals surface area (Å²) >= 11 is 0. The van der Waals surface area contributed by atoms with Gasteiger partial charge < -0.3 is 14.2 Å². The molecule has 11 nitrogen and oxygen atoms in total. The molecule has 0 unspecified atom stereocenters. The standard InChI is InChI=1S/C30H30N4O7/c1-7-39-29(37)25-15(3)9-19-13-31-33-21(27(19)17(25)5)11-23(35)41-24(36)12-22-28-18(6)26(30(38)40-8-2)16(4)10-20(28)14-32-34-22/h9-10,13-14H,7-8,11-12H2,1-6H3. The summed E-state index contributed by atoms with van der Waals surface area (Å²) in [5, 5.41) is 18.7. The van der Waals surface area contributed by atoms with Crippen LogP contribution in [-0.4, -0.2) is 57.5 Å². The van der Waals surface area contributed by atoms with Gasteiger partial charge in [-0.2, -0.15) is 20.4 Å². The molecule has 0 aliphatic carbocycles. The van der Waals surface area contributed by atoms with Crippen molar-refractivity contribution in [2.75, 3.05) is 13.2 Å². The molecule has 0 radical (unpaired) electrons. The summed E-state index contributed by atoms with van der Waals surface area (Å²) in [6.07, 6.45) is 2.37. The highest BCUT2D eigenvalue weighted by Crippen LogP contribution is 2.29. The van der Waals surface area contributed by atoms with Crippen LogP contribution in [0.25, 0.3) is 21.5 Å². The maximum Gasteiger partial charge on any atom is 0.338 e. The van der Waals surface area contributed by atoms with E-state index in [0.29, 0.717) is 54.9 Å². The lowest BCUT2D eigenvalue weighted by Gasteiger charge is -2.14. The van der Waals surface area contributed by atoms with Crippen molar-refractivity contribution in [3.05, 3.63) is 69.3 Å². The molecule has 4 rings (SSSR count). The Morgan fingerprint density at radius 1 is 0.659 bits per heavy atom. The lowest BCUT2D eigenvalue weighted by atomic mass is 9.94. The van der Waals surface area contributed by atoms with Crippen LogP contribution in [0.4, 0.5) is 0 Å². The molecule has 2 aromatic heterocycles. The summed E-state index contributed by atoms with van der Waals surface area (Å²) in [6, 6.07) is 3.55. The number of rotatable bonds is 8. The Labute approximate surface area is 236 Å². The van der Waals surface area contributed by atoms with E-state index < -0.39 is 23.9 Å². The number of ether oxygens (including phenoxy) is 3. The maximum absolute atomic E-state index is 12.8. The van der Waals surface area contributed by atoms with Gasteiger partial charge in [-0.25, -0.2) is 9.59 Å². The van der Waals surface area contributed by atoms with Gasteiger partial charge in [0.2, 0.25) is 0 Å². The highest BCUT2D eigenvalue weighted by molar-refractivity contribution is 6.03. The molecule has 2 aromatic carbocycles. The molecular weight excluding hydrogens is 528 g/mol. The first-order valence-electron chi connectivity index (χ1n) is 13.1. The van der Waals surface area contributed by atoms with Gasteiger partial charge in [-0.05, 0) is 75.9 Å². The monoisotopic (exact) mass is 558 g/mol. The van der Waals surface area contributed by atoms with Crippen molar-refractivity contribution in [3.63, 3.8) is 0 Å². The average molecular weight is 559 g/mol. The molecule has 0 N–H and O–H groups in total. The van der Waals surface area contributed by atoms with E-state index in [0.717, 1.165) is 0 Å². The Morgan fingerprint density at radius 3 is 1.41 bits per heavy atom. The van der Waals surface area contributed by atoms with Gasteiger partial charge >= 0.3 is 23.9 Å². The molecule has 0 bridgehead atoms.